The lowest BCUT2D eigenvalue weighted by atomic mass is 9.87. The molecule has 3 heteroatoms. The Labute approximate surface area is 86.4 Å². The van der Waals surface area contributed by atoms with Crippen molar-refractivity contribution in [2.45, 2.75) is 46.6 Å². The SMILES string of the molecule is CC1(CNC(=O)[C@@H](N)C(C)(C)C)CC1. The maximum Gasteiger partial charge on any atom is 0.237 e. The number of hydrogen-bond donors (Lipinski definition) is 2. The monoisotopic (exact) mass is 198 g/mol. The Hall–Kier alpha value is -0.570. The lowest BCUT2D eigenvalue weighted by molar-refractivity contribution is -0.124. The first kappa shape index (κ1) is 11.5. The van der Waals surface area contributed by atoms with Gasteiger partial charge in [-0.25, -0.2) is 0 Å². The van der Waals surface area contributed by atoms with Crippen LogP contribution in [-0.2, 0) is 4.79 Å². The highest BCUT2D eigenvalue weighted by Gasteiger charge is 2.38. The van der Waals surface area contributed by atoms with Gasteiger partial charge in [0, 0.05) is 6.54 Å². The van der Waals surface area contributed by atoms with Crippen molar-refractivity contribution in [1.82, 2.24) is 5.32 Å². The predicted octanol–water partition coefficient (Wildman–Crippen LogP) is 1.28. The van der Waals surface area contributed by atoms with Gasteiger partial charge in [0.05, 0.1) is 6.04 Å². The molecular weight excluding hydrogens is 176 g/mol. The average Bonchev–Trinajstić information content (AvgIpc) is 2.77. The van der Waals surface area contributed by atoms with Crippen LogP contribution in [-0.4, -0.2) is 18.5 Å². The van der Waals surface area contributed by atoms with Crippen molar-refractivity contribution in [1.29, 1.82) is 0 Å². The minimum Gasteiger partial charge on any atom is -0.354 e. The topological polar surface area (TPSA) is 55.1 Å². The second kappa shape index (κ2) is 3.54. The number of amides is 1. The molecule has 0 radical (unpaired) electrons. The van der Waals surface area contributed by atoms with Crippen LogP contribution in [0.4, 0.5) is 0 Å². The third-order valence-electron chi connectivity index (χ3n) is 3.01. The normalized spacial score (nSPS) is 21.5. The molecule has 0 bridgehead atoms. The van der Waals surface area contributed by atoms with Gasteiger partial charge >= 0.3 is 0 Å². The molecule has 82 valence electrons. The highest BCUT2D eigenvalue weighted by Crippen LogP contribution is 2.44. The van der Waals surface area contributed by atoms with Crippen molar-refractivity contribution in [2.24, 2.45) is 16.6 Å². The summed E-state index contributed by atoms with van der Waals surface area (Å²) in [5, 5.41) is 2.93. The summed E-state index contributed by atoms with van der Waals surface area (Å²) in [6.07, 6.45) is 2.44. The number of nitrogens with two attached hydrogens (primary N) is 1. The van der Waals surface area contributed by atoms with E-state index < -0.39 is 6.04 Å². The summed E-state index contributed by atoms with van der Waals surface area (Å²) >= 11 is 0. The molecule has 1 amide bonds. The third-order valence-corrected chi connectivity index (χ3v) is 3.01. The van der Waals surface area contributed by atoms with E-state index in [1.165, 1.54) is 12.8 Å². The molecule has 0 unspecified atom stereocenters. The zero-order valence-corrected chi connectivity index (χ0v) is 9.68. The molecule has 0 spiro atoms. The van der Waals surface area contributed by atoms with Crippen molar-refractivity contribution in [3.8, 4) is 0 Å². The van der Waals surface area contributed by atoms with Crippen molar-refractivity contribution in [2.75, 3.05) is 6.54 Å². The van der Waals surface area contributed by atoms with Gasteiger partial charge in [0.15, 0.2) is 0 Å². The zero-order chi connectivity index (χ0) is 11.0. The Bertz CT molecular complexity index is 226. The Morgan fingerprint density at radius 1 is 1.50 bits per heavy atom. The van der Waals surface area contributed by atoms with E-state index in [-0.39, 0.29) is 11.3 Å². The fraction of sp³-hybridized carbons (Fsp3) is 0.909. The summed E-state index contributed by atoms with van der Waals surface area (Å²) in [5.74, 6) is -0.0226. The van der Waals surface area contributed by atoms with Crippen LogP contribution in [0.15, 0.2) is 0 Å². The van der Waals surface area contributed by atoms with Gasteiger partial charge in [0.1, 0.15) is 0 Å². The second-order valence-electron chi connectivity index (χ2n) is 5.87. The highest BCUT2D eigenvalue weighted by atomic mass is 16.2. The number of rotatable bonds is 3. The van der Waals surface area contributed by atoms with Crippen LogP contribution in [0.2, 0.25) is 0 Å². The van der Waals surface area contributed by atoms with E-state index in [0.29, 0.717) is 5.41 Å². The van der Waals surface area contributed by atoms with E-state index in [1.807, 2.05) is 20.8 Å². The smallest absolute Gasteiger partial charge is 0.237 e. The minimum atomic E-state index is -0.412. The van der Waals surface area contributed by atoms with Crippen LogP contribution in [0.25, 0.3) is 0 Å². The molecule has 3 nitrogen and oxygen atoms in total. The van der Waals surface area contributed by atoms with Crippen LogP contribution >= 0.6 is 0 Å². The van der Waals surface area contributed by atoms with Gasteiger partial charge in [0.2, 0.25) is 5.91 Å². The van der Waals surface area contributed by atoms with Gasteiger partial charge in [-0.3, -0.25) is 4.79 Å². The van der Waals surface area contributed by atoms with E-state index in [9.17, 15) is 4.79 Å². The fourth-order valence-corrected chi connectivity index (χ4v) is 1.19. The lowest BCUT2D eigenvalue weighted by Gasteiger charge is -2.26. The summed E-state index contributed by atoms with van der Waals surface area (Å²) < 4.78 is 0. The van der Waals surface area contributed by atoms with Crippen molar-refractivity contribution in [3.63, 3.8) is 0 Å². The molecule has 1 atom stereocenters. The van der Waals surface area contributed by atoms with E-state index in [0.717, 1.165) is 6.54 Å². The second-order valence-corrected chi connectivity index (χ2v) is 5.87. The largest absolute Gasteiger partial charge is 0.354 e. The Morgan fingerprint density at radius 3 is 2.36 bits per heavy atom. The average molecular weight is 198 g/mol. The molecule has 1 saturated carbocycles. The standard InChI is InChI=1S/C11H22N2O/c1-10(2,3)8(12)9(14)13-7-11(4)5-6-11/h8H,5-7,12H2,1-4H3,(H,13,14)/t8-/m1/s1. The van der Waals surface area contributed by atoms with E-state index in [2.05, 4.69) is 12.2 Å². The van der Waals surface area contributed by atoms with Crippen LogP contribution in [0.1, 0.15) is 40.5 Å². The van der Waals surface area contributed by atoms with Crippen LogP contribution in [0, 0.1) is 10.8 Å². The summed E-state index contributed by atoms with van der Waals surface area (Å²) in [4.78, 5) is 11.6. The van der Waals surface area contributed by atoms with Crippen LogP contribution in [0.3, 0.4) is 0 Å². The highest BCUT2D eigenvalue weighted by molar-refractivity contribution is 5.82. The Morgan fingerprint density at radius 2 is 2.00 bits per heavy atom. The van der Waals surface area contributed by atoms with Gasteiger partial charge in [-0.1, -0.05) is 27.7 Å². The maximum absolute atomic E-state index is 11.6. The molecule has 0 saturated heterocycles. The minimum absolute atomic E-state index is 0.0226. The van der Waals surface area contributed by atoms with Gasteiger partial charge < -0.3 is 11.1 Å². The molecule has 3 N–H and O–H groups in total. The van der Waals surface area contributed by atoms with E-state index in [4.69, 9.17) is 5.73 Å². The number of hydrogen-bond acceptors (Lipinski definition) is 2. The number of carbonyl (C=O) groups is 1. The number of carbonyl (C=O) groups excluding carboxylic acids is 1. The van der Waals surface area contributed by atoms with E-state index in [1.54, 1.807) is 0 Å². The van der Waals surface area contributed by atoms with Gasteiger partial charge in [0.25, 0.3) is 0 Å². The molecule has 1 aliphatic carbocycles. The van der Waals surface area contributed by atoms with Crippen molar-refractivity contribution in [3.05, 3.63) is 0 Å². The van der Waals surface area contributed by atoms with Crippen LogP contribution < -0.4 is 11.1 Å². The fourth-order valence-electron chi connectivity index (χ4n) is 1.19. The number of nitrogens with one attached hydrogen (secondary N) is 1. The molecular formula is C11H22N2O. The van der Waals surface area contributed by atoms with Gasteiger partial charge in [-0.05, 0) is 23.7 Å². The summed E-state index contributed by atoms with van der Waals surface area (Å²) in [6, 6.07) is -0.412. The molecule has 0 aliphatic heterocycles. The molecule has 1 aliphatic rings. The molecule has 0 aromatic carbocycles. The van der Waals surface area contributed by atoms with Crippen LogP contribution in [0.5, 0.6) is 0 Å². The molecule has 0 aromatic heterocycles. The summed E-state index contributed by atoms with van der Waals surface area (Å²) in [7, 11) is 0. The predicted molar refractivity (Wildman–Crippen MR) is 57.8 cm³/mol. The Balaban J connectivity index is 2.34. The van der Waals surface area contributed by atoms with E-state index >= 15 is 0 Å². The summed E-state index contributed by atoms with van der Waals surface area (Å²) in [5.41, 5.74) is 6.03. The molecule has 1 fully saturated rings. The third kappa shape index (κ3) is 2.98. The Kier molecular flexibility index (Phi) is 2.91. The lowest BCUT2D eigenvalue weighted by Crippen LogP contribution is -2.49. The van der Waals surface area contributed by atoms with Gasteiger partial charge in [-0.15, -0.1) is 0 Å². The van der Waals surface area contributed by atoms with Crippen molar-refractivity contribution >= 4 is 5.91 Å². The molecule has 0 heterocycles. The first-order valence-corrected chi connectivity index (χ1v) is 5.28. The quantitative estimate of drug-likeness (QED) is 0.717. The first-order chi connectivity index (χ1) is 6.25. The van der Waals surface area contributed by atoms with Gasteiger partial charge in [-0.2, -0.15) is 0 Å². The maximum atomic E-state index is 11.6. The first-order valence-electron chi connectivity index (χ1n) is 5.28. The molecule has 1 rings (SSSR count). The summed E-state index contributed by atoms with van der Waals surface area (Å²) in [6.45, 7) is 8.91. The zero-order valence-electron chi connectivity index (χ0n) is 9.68. The van der Waals surface area contributed by atoms with Crippen molar-refractivity contribution < 1.29 is 4.79 Å². The molecule has 14 heavy (non-hydrogen) atoms. The molecule has 0 aromatic rings.